The zero-order valence-corrected chi connectivity index (χ0v) is 16.4. The number of nitriles is 1. The van der Waals surface area contributed by atoms with E-state index in [0.717, 1.165) is 17.5 Å². The standard InChI is InChI=1S/C25H21FN2O/c1-17-11-18(2)13-21(12-17)14-19-3-5-20(6-4-19)15-22(16-27)25(29)28-24-9-7-23(26)8-10-24/h3-13,15H,14H2,1-2H3,(H,28,29)/b22-15+. The minimum atomic E-state index is -0.529. The first-order valence-electron chi connectivity index (χ1n) is 9.28. The third kappa shape index (κ3) is 5.63. The molecular weight excluding hydrogens is 363 g/mol. The Hall–Kier alpha value is -3.71. The predicted molar refractivity (Wildman–Crippen MR) is 114 cm³/mol. The molecule has 0 heterocycles. The van der Waals surface area contributed by atoms with Gasteiger partial charge in [-0.15, -0.1) is 0 Å². The van der Waals surface area contributed by atoms with Gasteiger partial charge in [0, 0.05) is 5.69 Å². The van der Waals surface area contributed by atoms with Crippen LogP contribution in [0.4, 0.5) is 10.1 Å². The van der Waals surface area contributed by atoms with Crippen LogP contribution in [0.1, 0.15) is 27.8 Å². The van der Waals surface area contributed by atoms with E-state index in [1.165, 1.54) is 41.0 Å². The second-order valence-electron chi connectivity index (χ2n) is 7.05. The highest BCUT2D eigenvalue weighted by Crippen LogP contribution is 2.16. The Balaban J connectivity index is 1.71. The Labute approximate surface area is 170 Å². The lowest BCUT2D eigenvalue weighted by Gasteiger charge is -2.06. The summed E-state index contributed by atoms with van der Waals surface area (Å²) in [6.45, 7) is 4.18. The predicted octanol–water partition coefficient (Wildman–Crippen LogP) is 5.58. The van der Waals surface area contributed by atoms with Crippen molar-refractivity contribution in [2.24, 2.45) is 0 Å². The van der Waals surface area contributed by atoms with Crippen LogP contribution in [0.15, 0.2) is 72.3 Å². The van der Waals surface area contributed by atoms with Crippen molar-refractivity contribution in [3.63, 3.8) is 0 Å². The van der Waals surface area contributed by atoms with E-state index < -0.39 is 5.91 Å². The van der Waals surface area contributed by atoms with Crippen LogP contribution in [0.25, 0.3) is 6.08 Å². The molecule has 3 nitrogen and oxygen atoms in total. The molecule has 1 N–H and O–H groups in total. The van der Waals surface area contributed by atoms with Crippen molar-refractivity contribution >= 4 is 17.7 Å². The van der Waals surface area contributed by atoms with Gasteiger partial charge in [0.1, 0.15) is 17.5 Å². The van der Waals surface area contributed by atoms with Crippen LogP contribution in [0.2, 0.25) is 0 Å². The number of carbonyl (C=O) groups excluding carboxylic acids is 1. The van der Waals surface area contributed by atoms with Crippen LogP contribution in [0.3, 0.4) is 0 Å². The number of carbonyl (C=O) groups is 1. The number of anilines is 1. The molecule has 3 rings (SSSR count). The van der Waals surface area contributed by atoms with E-state index in [2.05, 4.69) is 37.4 Å². The number of benzene rings is 3. The summed E-state index contributed by atoms with van der Waals surface area (Å²) in [5.74, 6) is -0.918. The molecular formula is C25H21FN2O. The summed E-state index contributed by atoms with van der Waals surface area (Å²) in [6.07, 6.45) is 2.36. The Bertz CT molecular complexity index is 1070. The fraction of sp³-hybridized carbons (Fsp3) is 0.120. The molecule has 0 bridgehead atoms. The van der Waals surface area contributed by atoms with Crippen molar-refractivity contribution in [1.29, 1.82) is 5.26 Å². The molecule has 0 saturated heterocycles. The zero-order chi connectivity index (χ0) is 20.8. The van der Waals surface area contributed by atoms with Crippen molar-refractivity contribution < 1.29 is 9.18 Å². The average Bonchev–Trinajstić information content (AvgIpc) is 2.68. The zero-order valence-electron chi connectivity index (χ0n) is 16.4. The van der Waals surface area contributed by atoms with E-state index in [1.54, 1.807) is 6.08 Å². The van der Waals surface area contributed by atoms with E-state index in [9.17, 15) is 14.4 Å². The molecule has 0 spiro atoms. The normalized spacial score (nSPS) is 11.0. The van der Waals surface area contributed by atoms with Crippen molar-refractivity contribution in [3.8, 4) is 6.07 Å². The first-order valence-corrected chi connectivity index (χ1v) is 9.28. The van der Waals surface area contributed by atoms with Gasteiger partial charge in [-0.25, -0.2) is 4.39 Å². The van der Waals surface area contributed by atoms with Crippen LogP contribution in [-0.2, 0) is 11.2 Å². The number of hydrogen-bond acceptors (Lipinski definition) is 2. The van der Waals surface area contributed by atoms with E-state index in [-0.39, 0.29) is 11.4 Å². The number of aryl methyl sites for hydroxylation is 2. The first-order chi connectivity index (χ1) is 13.9. The van der Waals surface area contributed by atoms with Crippen molar-refractivity contribution in [3.05, 3.63) is 106 Å². The molecule has 0 unspecified atom stereocenters. The van der Waals surface area contributed by atoms with Crippen LogP contribution in [-0.4, -0.2) is 5.91 Å². The second-order valence-corrected chi connectivity index (χ2v) is 7.05. The van der Waals surface area contributed by atoms with Crippen LogP contribution >= 0.6 is 0 Å². The molecule has 29 heavy (non-hydrogen) atoms. The molecule has 0 saturated carbocycles. The summed E-state index contributed by atoms with van der Waals surface area (Å²) >= 11 is 0. The van der Waals surface area contributed by atoms with Crippen LogP contribution in [0, 0.1) is 31.0 Å². The molecule has 0 aliphatic heterocycles. The number of nitrogens with one attached hydrogen (secondary N) is 1. The Morgan fingerprint density at radius 2 is 1.59 bits per heavy atom. The highest BCUT2D eigenvalue weighted by molar-refractivity contribution is 6.09. The maximum atomic E-state index is 13.0. The molecule has 0 radical (unpaired) electrons. The monoisotopic (exact) mass is 384 g/mol. The number of halogens is 1. The van der Waals surface area contributed by atoms with Gasteiger partial charge in [-0.3, -0.25) is 4.79 Å². The maximum Gasteiger partial charge on any atom is 0.266 e. The third-order valence-corrected chi connectivity index (χ3v) is 4.45. The number of nitrogens with zero attached hydrogens (tertiary/aromatic N) is 1. The number of amides is 1. The highest BCUT2D eigenvalue weighted by Gasteiger charge is 2.09. The summed E-state index contributed by atoms with van der Waals surface area (Å²) in [5, 5.41) is 11.9. The Morgan fingerprint density at radius 3 is 2.17 bits per heavy atom. The fourth-order valence-electron chi connectivity index (χ4n) is 3.19. The van der Waals surface area contributed by atoms with Gasteiger partial charge in [0.2, 0.25) is 0 Å². The largest absolute Gasteiger partial charge is 0.321 e. The second kappa shape index (κ2) is 8.99. The number of hydrogen-bond donors (Lipinski definition) is 1. The SMILES string of the molecule is Cc1cc(C)cc(Cc2ccc(/C=C(\C#N)C(=O)Nc3ccc(F)cc3)cc2)c1. The Kier molecular flexibility index (Phi) is 6.21. The van der Waals surface area contributed by atoms with Crippen molar-refractivity contribution in [2.45, 2.75) is 20.3 Å². The van der Waals surface area contributed by atoms with E-state index in [1.807, 2.05) is 30.3 Å². The van der Waals surface area contributed by atoms with Gasteiger partial charge in [0.05, 0.1) is 0 Å². The molecule has 1 amide bonds. The minimum absolute atomic E-state index is 0.0172. The molecule has 0 fully saturated rings. The summed E-state index contributed by atoms with van der Waals surface area (Å²) in [7, 11) is 0. The van der Waals surface area contributed by atoms with E-state index in [4.69, 9.17) is 0 Å². The van der Waals surface area contributed by atoms with Gasteiger partial charge in [-0.05, 0) is 67.3 Å². The smallest absolute Gasteiger partial charge is 0.266 e. The molecule has 0 aliphatic carbocycles. The topological polar surface area (TPSA) is 52.9 Å². The Morgan fingerprint density at radius 1 is 0.966 bits per heavy atom. The van der Waals surface area contributed by atoms with Gasteiger partial charge in [-0.1, -0.05) is 53.6 Å². The molecule has 0 atom stereocenters. The van der Waals surface area contributed by atoms with E-state index >= 15 is 0 Å². The van der Waals surface area contributed by atoms with Crippen molar-refractivity contribution in [2.75, 3.05) is 5.32 Å². The summed E-state index contributed by atoms with van der Waals surface area (Å²) in [4.78, 5) is 12.3. The molecule has 0 aromatic heterocycles. The third-order valence-electron chi connectivity index (χ3n) is 4.45. The van der Waals surface area contributed by atoms with E-state index in [0.29, 0.717) is 5.69 Å². The molecule has 3 aromatic carbocycles. The molecule has 3 aromatic rings. The summed E-state index contributed by atoms with van der Waals surface area (Å²) in [5.41, 5.74) is 6.07. The van der Waals surface area contributed by atoms with Gasteiger partial charge in [0.15, 0.2) is 0 Å². The lowest BCUT2D eigenvalue weighted by molar-refractivity contribution is -0.112. The van der Waals surface area contributed by atoms with Crippen molar-refractivity contribution in [1.82, 2.24) is 0 Å². The highest BCUT2D eigenvalue weighted by atomic mass is 19.1. The summed E-state index contributed by atoms with van der Waals surface area (Å²) in [6, 6.07) is 21.6. The minimum Gasteiger partial charge on any atom is -0.321 e. The maximum absolute atomic E-state index is 13.0. The van der Waals surface area contributed by atoms with Gasteiger partial charge in [-0.2, -0.15) is 5.26 Å². The first kappa shape index (κ1) is 20.0. The summed E-state index contributed by atoms with van der Waals surface area (Å²) < 4.78 is 13.0. The van der Waals surface area contributed by atoms with Crippen LogP contribution in [0.5, 0.6) is 0 Å². The fourth-order valence-corrected chi connectivity index (χ4v) is 3.19. The lowest BCUT2D eigenvalue weighted by atomic mass is 9.99. The van der Waals surface area contributed by atoms with Crippen LogP contribution < -0.4 is 5.32 Å². The van der Waals surface area contributed by atoms with Gasteiger partial charge >= 0.3 is 0 Å². The molecule has 0 aliphatic rings. The molecule has 144 valence electrons. The average molecular weight is 384 g/mol. The quantitative estimate of drug-likeness (QED) is 0.461. The molecule has 4 heteroatoms. The van der Waals surface area contributed by atoms with Gasteiger partial charge in [0.25, 0.3) is 5.91 Å². The lowest BCUT2D eigenvalue weighted by Crippen LogP contribution is -2.13. The number of rotatable bonds is 5. The van der Waals surface area contributed by atoms with Gasteiger partial charge < -0.3 is 5.32 Å².